The van der Waals surface area contributed by atoms with Gasteiger partial charge in [0.1, 0.15) is 5.76 Å². The van der Waals surface area contributed by atoms with Crippen LogP contribution in [0.3, 0.4) is 0 Å². The molecule has 0 fully saturated rings. The van der Waals surface area contributed by atoms with Crippen molar-refractivity contribution in [3.05, 3.63) is 17.0 Å². The molecule has 7 heteroatoms. The molecule has 0 aliphatic heterocycles. The highest BCUT2D eigenvalue weighted by Gasteiger charge is 2.10. The average Bonchev–Trinajstić information content (AvgIpc) is 2.85. The zero-order chi connectivity index (χ0) is 12.4. The van der Waals surface area contributed by atoms with Crippen LogP contribution in [0.25, 0.3) is 0 Å². The van der Waals surface area contributed by atoms with E-state index in [0.29, 0.717) is 18.4 Å². The van der Waals surface area contributed by atoms with E-state index < -0.39 is 0 Å². The Labute approximate surface area is 99.2 Å². The minimum Gasteiger partial charge on any atom is -0.361 e. The second kappa shape index (κ2) is 4.44. The second-order valence-corrected chi connectivity index (χ2v) is 4.03. The summed E-state index contributed by atoms with van der Waals surface area (Å²) in [6, 6.07) is 0. The first-order valence-corrected chi connectivity index (χ1v) is 5.33. The van der Waals surface area contributed by atoms with E-state index in [0.717, 1.165) is 17.0 Å². The summed E-state index contributed by atoms with van der Waals surface area (Å²) in [6.07, 6.45) is 0. The van der Waals surface area contributed by atoms with Crippen molar-refractivity contribution in [1.29, 1.82) is 0 Å². The molecule has 2 aromatic heterocycles. The van der Waals surface area contributed by atoms with Crippen LogP contribution in [0.2, 0.25) is 0 Å². The number of hydrogen-bond donors (Lipinski definition) is 2. The molecule has 7 nitrogen and oxygen atoms in total. The van der Waals surface area contributed by atoms with Gasteiger partial charge in [0.05, 0.1) is 5.69 Å². The second-order valence-electron chi connectivity index (χ2n) is 4.03. The van der Waals surface area contributed by atoms with E-state index in [1.54, 1.807) is 0 Å². The predicted octanol–water partition coefficient (Wildman–Crippen LogP) is 1.09. The molecule has 0 bridgehead atoms. The number of hydrogen-bond acceptors (Lipinski definition) is 6. The van der Waals surface area contributed by atoms with Crippen LogP contribution in [-0.4, -0.2) is 34.4 Å². The van der Waals surface area contributed by atoms with Crippen molar-refractivity contribution >= 4 is 11.9 Å². The maximum atomic E-state index is 5.08. The van der Waals surface area contributed by atoms with Gasteiger partial charge in [-0.05, 0) is 13.8 Å². The van der Waals surface area contributed by atoms with Crippen molar-refractivity contribution in [2.45, 2.75) is 20.4 Å². The third kappa shape index (κ3) is 2.38. The summed E-state index contributed by atoms with van der Waals surface area (Å²) in [4.78, 5) is 6.10. The minimum absolute atomic E-state index is 0.614. The standard InChI is InChI=1S/C10H16N6O/c1-6-8(7(2)17-15-6)5-11-9-12-10(14-13-9)16(3)4/h5H2,1-4H3,(H2,11,12,13,14). The number of aromatic nitrogens is 4. The minimum atomic E-state index is 0.614. The Kier molecular flexibility index (Phi) is 2.99. The summed E-state index contributed by atoms with van der Waals surface area (Å²) < 4.78 is 5.08. The van der Waals surface area contributed by atoms with E-state index in [-0.39, 0.29) is 0 Å². The lowest BCUT2D eigenvalue weighted by molar-refractivity contribution is 0.392. The highest BCUT2D eigenvalue weighted by Crippen LogP contribution is 2.14. The fraction of sp³-hybridized carbons (Fsp3) is 0.500. The van der Waals surface area contributed by atoms with Gasteiger partial charge in [0.25, 0.3) is 0 Å². The quantitative estimate of drug-likeness (QED) is 0.826. The highest BCUT2D eigenvalue weighted by molar-refractivity contribution is 5.36. The number of aromatic amines is 1. The molecule has 17 heavy (non-hydrogen) atoms. The number of anilines is 2. The topological polar surface area (TPSA) is 82.9 Å². The maximum Gasteiger partial charge on any atom is 0.245 e. The molecule has 0 atom stereocenters. The summed E-state index contributed by atoms with van der Waals surface area (Å²) in [5.41, 5.74) is 1.94. The Hall–Kier alpha value is -2.05. The molecule has 0 aromatic carbocycles. The van der Waals surface area contributed by atoms with Gasteiger partial charge < -0.3 is 14.7 Å². The van der Waals surface area contributed by atoms with Gasteiger partial charge in [-0.25, -0.2) is 5.10 Å². The number of aryl methyl sites for hydroxylation is 2. The largest absolute Gasteiger partial charge is 0.361 e. The molecule has 92 valence electrons. The van der Waals surface area contributed by atoms with E-state index >= 15 is 0 Å². The van der Waals surface area contributed by atoms with Crippen molar-refractivity contribution in [2.75, 3.05) is 24.3 Å². The van der Waals surface area contributed by atoms with Crippen LogP contribution in [0.5, 0.6) is 0 Å². The molecule has 0 saturated carbocycles. The van der Waals surface area contributed by atoms with Gasteiger partial charge >= 0.3 is 0 Å². The van der Waals surface area contributed by atoms with Crippen LogP contribution in [0.15, 0.2) is 4.52 Å². The molecule has 0 amide bonds. The SMILES string of the molecule is Cc1noc(C)c1CNc1nc(N(C)C)n[nH]1. The van der Waals surface area contributed by atoms with E-state index in [2.05, 4.69) is 25.7 Å². The Bertz CT molecular complexity index is 481. The predicted molar refractivity (Wildman–Crippen MR) is 64.0 cm³/mol. The molecular weight excluding hydrogens is 220 g/mol. The van der Waals surface area contributed by atoms with Gasteiger partial charge in [-0.15, -0.1) is 5.10 Å². The van der Waals surface area contributed by atoms with Crippen LogP contribution in [0.1, 0.15) is 17.0 Å². The first-order valence-electron chi connectivity index (χ1n) is 5.33. The Morgan fingerprint density at radius 1 is 1.35 bits per heavy atom. The van der Waals surface area contributed by atoms with Crippen LogP contribution < -0.4 is 10.2 Å². The van der Waals surface area contributed by atoms with Crippen LogP contribution in [-0.2, 0) is 6.54 Å². The van der Waals surface area contributed by atoms with Crippen molar-refractivity contribution in [1.82, 2.24) is 20.3 Å². The molecule has 2 heterocycles. The average molecular weight is 236 g/mol. The van der Waals surface area contributed by atoms with Gasteiger partial charge in [0.15, 0.2) is 0 Å². The number of H-pyrrole nitrogens is 1. The molecule has 0 aliphatic rings. The van der Waals surface area contributed by atoms with Gasteiger partial charge in [0.2, 0.25) is 11.9 Å². The zero-order valence-electron chi connectivity index (χ0n) is 10.4. The summed E-state index contributed by atoms with van der Waals surface area (Å²) >= 11 is 0. The van der Waals surface area contributed by atoms with E-state index in [4.69, 9.17) is 4.52 Å². The van der Waals surface area contributed by atoms with Crippen molar-refractivity contribution in [2.24, 2.45) is 0 Å². The number of nitrogens with zero attached hydrogens (tertiary/aromatic N) is 4. The molecule has 0 spiro atoms. The van der Waals surface area contributed by atoms with Crippen LogP contribution in [0, 0.1) is 13.8 Å². The lowest BCUT2D eigenvalue weighted by Gasteiger charge is -2.04. The molecule has 0 unspecified atom stereocenters. The normalized spacial score (nSPS) is 10.6. The Balaban J connectivity index is 2.02. The molecule has 0 radical (unpaired) electrons. The fourth-order valence-corrected chi connectivity index (χ4v) is 1.46. The maximum absolute atomic E-state index is 5.08. The molecular formula is C10H16N6O. The first kappa shape index (κ1) is 11.4. The molecule has 2 aromatic rings. The Morgan fingerprint density at radius 3 is 2.65 bits per heavy atom. The lowest BCUT2D eigenvalue weighted by Crippen LogP contribution is -2.10. The number of nitrogens with one attached hydrogen (secondary N) is 2. The van der Waals surface area contributed by atoms with E-state index in [1.165, 1.54) is 0 Å². The fourth-order valence-electron chi connectivity index (χ4n) is 1.46. The highest BCUT2D eigenvalue weighted by atomic mass is 16.5. The van der Waals surface area contributed by atoms with Crippen molar-refractivity contribution < 1.29 is 4.52 Å². The van der Waals surface area contributed by atoms with Gasteiger partial charge in [0, 0.05) is 26.2 Å². The Morgan fingerprint density at radius 2 is 2.12 bits per heavy atom. The zero-order valence-corrected chi connectivity index (χ0v) is 10.4. The monoisotopic (exact) mass is 236 g/mol. The lowest BCUT2D eigenvalue weighted by atomic mass is 10.2. The number of rotatable bonds is 4. The van der Waals surface area contributed by atoms with Gasteiger partial charge in [-0.2, -0.15) is 4.98 Å². The molecule has 0 aliphatic carbocycles. The van der Waals surface area contributed by atoms with Crippen LogP contribution in [0.4, 0.5) is 11.9 Å². The molecule has 0 saturated heterocycles. The summed E-state index contributed by atoms with van der Waals surface area (Å²) in [5.74, 6) is 2.10. The van der Waals surface area contributed by atoms with Gasteiger partial charge in [-0.1, -0.05) is 5.16 Å². The first-order chi connectivity index (χ1) is 8.08. The molecule has 2 N–H and O–H groups in total. The third-order valence-corrected chi connectivity index (χ3v) is 2.49. The summed E-state index contributed by atoms with van der Waals surface area (Å²) in [7, 11) is 3.78. The van der Waals surface area contributed by atoms with E-state index in [9.17, 15) is 0 Å². The van der Waals surface area contributed by atoms with Crippen molar-refractivity contribution in [3.63, 3.8) is 0 Å². The third-order valence-electron chi connectivity index (χ3n) is 2.49. The molecule has 2 rings (SSSR count). The van der Waals surface area contributed by atoms with Crippen molar-refractivity contribution in [3.8, 4) is 0 Å². The summed E-state index contributed by atoms with van der Waals surface area (Å²) in [6.45, 7) is 4.42. The van der Waals surface area contributed by atoms with Crippen LogP contribution >= 0.6 is 0 Å². The van der Waals surface area contributed by atoms with E-state index in [1.807, 2.05) is 32.8 Å². The smallest absolute Gasteiger partial charge is 0.245 e. The summed E-state index contributed by atoms with van der Waals surface area (Å²) in [5, 5.41) is 13.9. The van der Waals surface area contributed by atoms with Gasteiger partial charge in [-0.3, -0.25) is 0 Å².